The molecule has 3 rings (SSSR count). The minimum absolute atomic E-state index is 0.0392. The average molecular weight is 253 g/mol. The summed E-state index contributed by atoms with van der Waals surface area (Å²) in [4.78, 5) is 0. The number of hydrogen-bond acceptors (Lipinski definition) is 2. The molecule has 2 aromatic carbocycles. The van der Waals surface area contributed by atoms with Crippen molar-refractivity contribution in [2.24, 2.45) is 5.73 Å². The minimum atomic E-state index is 0.0392. The topological polar surface area (TPSA) is 35.2 Å². The van der Waals surface area contributed by atoms with Crippen molar-refractivity contribution < 1.29 is 4.74 Å². The lowest BCUT2D eigenvalue weighted by molar-refractivity contribution is 0.303. The van der Waals surface area contributed by atoms with Crippen molar-refractivity contribution in [1.82, 2.24) is 0 Å². The number of benzene rings is 2. The van der Waals surface area contributed by atoms with Crippen LogP contribution in [0.3, 0.4) is 0 Å². The van der Waals surface area contributed by atoms with Crippen LogP contribution in [0.5, 0.6) is 5.75 Å². The summed E-state index contributed by atoms with van der Waals surface area (Å²) in [7, 11) is 0. The van der Waals surface area contributed by atoms with Crippen LogP contribution in [-0.4, -0.2) is 6.10 Å². The van der Waals surface area contributed by atoms with Crippen molar-refractivity contribution >= 4 is 0 Å². The van der Waals surface area contributed by atoms with Gasteiger partial charge in [-0.15, -0.1) is 0 Å². The summed E-state index contributed by atoms with van der Waals surface area (Å²) in [5.41, 5.74) is 8.66. The van der Waals surface area contributed by atoms with Gasteiger partial charge in [0.25, 0.3) is 0 Å². The Morgan fingerprint density at radius 3 is 2.58 bits per heavy atom. The van der Waals surface area contributed by atoms with E-state index in [0.29, 0.717) is 6.10 Å². The van der Waals surface area contributed by atoms with Crippen LogP contribution in [-0.2, 0) is 6.42 Å². The highest BCUT2D eigenvalue weighted by Crippen LogP contribution is 2.27. The molecule has 2 nitrogen and oxygen atoms in total. The summed E-state index contributed by atoms with van der Waals surface area (Å²) in [5, 5.41) is 0. The zero-order valence-corrected chi connectivity index (χ0v) is 11.0. The monoisotopic (exact) mass is 253 g/mol. The third-order valence-corrected chi connectivity index (χ3v) is 3.41. The van der Waals surface area contributed by atoms with Gasteiger partial charge in [-0.2, -0.15) is 0 Å². The maximum atomic E-state index is 6.25. The van der Waals surface area contributed by atoms with Gasteiger partial charge in [0.2, 0.25) is 0 Å². The molecule has 2 aromatic rings. The molecule has 0 heterocycles. The van der Waals surface area contributed by atoms with E-state index in [0.717, 1.165) is 12.2 Å². The van der Waals surface area contributed by atoms with Crippen LogP contribution < -0.4 is 10.5 Å². The van der Waals surface area contributed by atoms with Gasteiger partial charge < -0.3 is 10.5 Å². The van der Waals surface area contributed by atoms with E-state index in [9.17, 15) is 0 Å². The fourth-order valence-corrected chi connectivity index (χ4v) is 2.20. The molecule has 0 spiro atoms. The Morgan fingerprint density at radius 1 is 1.05 bits per heavy atom. The molecule has 1 saturated carbocycles. The van der Waals surface area contributed by atoms with Gasteiger partial charge >= 0.3 is 0 Å². The molecule has 1 fully saturated rings. The quantitative estimate of drug-likeness (QED) is 0.885. The molecule has 1 aliphatic carbocycles. The Labute approximate surface area is 114 Å². The first kappa shape index (κ1) is 12.2. The predicted octanol–water partition coefficient (Wildman–Crippen LogP) is 3.47. The zero-order valence-electron chi connectivity index (χ0n) is 11.0. The molecule has 2 heteroatoms. The molecule has 98 valence electrons. The molecule has 1 atom stereocenters. The van der Waals surface area contributed by atoms with Crippen molar-refractivity contribution in [1.29, 1.82) is 0 Å². The molecule has 0 radical (unpaired) electrons. The zero-order chi connectivity index (χ0) is 13.1. The summed E-state index contributed by atoms with van der Waals surface area (Å²) in [5.74, 6) is 0.972. The van der Waals surface area contributed by atoms with Crippen molar-refractivity contribution in [3.8, 4) is 5.75 Å². The Balaban J connectivity index is 1.68. The summed E-state index contributed by atoms with van der Waals surface area (Å²) < 4.78 is 5.81. The molecule has 0 aliphatic heterocycles. The van der Waals surface area contributed by atoms with Gasteiger partial charge in [-0.1, -0.05) is 42.5 Å². The highest BCUT2D eigenvalue weighted by Gasteiger charge is 2.23. The summed E-state index contributed by atoms with van der Waals surface area (Å²) in [6.07, 6.45) is 3.66. The second-order valence-corrected chi connectivity index (χ2v) is 5.19. The molecule has 0 amide bonds. The van der Waals surface area contributed by atoms with Gasteiger partial charge in [0.1, 0.15) is 5.75 Å². The molecule has 1 aliphatic rings. The molecular weight excluding hydrogens is 234 g/mol. The molecule has 0 saturated heterocycles. The van der Waals surface area contributed by atoms with Crippen LogP contribution >= 0.6 is 0 Å². The van der Waals surface area contributed by atoms with Crippen LogP contribution in [0.25, 0.3) is 0 Å². The molecular formula is C17H19NO. The molecule has 1 unspecified atom stereocenters. The fraction of sp³-hybridized carbons (Fsp3) is 0.294. The highest BCUT2D eigenvalue weighted by atomic mass is 16.5. The maximum absolute atomic E-state index is 6.25. The SMILES string of the molecule is NC(Cc1cccc(OC2CC2)c1)c1ccccc1. The van der Waals surface area contributed by atoms with Gasteiger partial charge in [-0.05, 0) is 42.5 Å². The fourth-order valence-electron chi connectivity index (χ4n) is 2.20. The van der Waals surface area contributed by atoms with E-state index in [1.54, 1.807) is 0 Å². The number of rotatable bonds is 5. The Kier molecular flexibility index (Phi) is 3.51. The van der Waals surface area contributed by atoms with E-state index < -0.39 is 0 Å². The summed E-state index contributed by atoms with van der Waals surface area (Å²) in [6.45, 7) is 0. The smallest absolute Gasteiger partial charge is 0.119 e. The highest BCUT2D eigenvalue weighted by molar-refractivity contribution is 5.31. The standard InChI is InChI=1S/C17H19NO/c18-17(14-6-2-1-3-7-14)12-13-5-4-8-16(11-13)19-15-9-10-15/h1-8,11,15,17H,9-10,12,18H2. The molecule has 19 heavy (non-hydrogen) atoms. The van der Waals surface area contributed by atoms with Gasteiger partial charge in [0.05, 0.1) is 6.10 Å². The van der Waals surface area contributed by atoms with Crippen LogP contribution in [0.2, 0.25) is 0 Å². The molecule has 2 N–H and O–H groups in total. The van der Waals surface area contributed by atoms with Crippen molar-refractivity contribution in [2.75, 3.05) is 0 Å². The lowest BCUT2D eigenvalue weighted by atomic mass is 10.00. The number of hydrogen-bond donors (Lipinski definition) is 1. The van der Waals surface area contributed by atoms with E-state index in [2.05, 4.69) is 24.3 Å². The van der Waals surface area contributed by atoms with Gasteiger partial charge in [-0.25, -0.2) is 0 Å². The van der Waals surface area contributed by atoms with E-state index in [-0.39, 0.29) is 6.04 Å². The van der Waals surface area contributed by atoms with Crippen molar-refractivity contribution in [3.63, 3.8) is 0 Å². The van der Waals surface area contributed by atoms with Gasteiger partial charge in [-0.3, -0.25) is 0 Å². The van der Waals surface area contributed by atoms with E-state index >= 15 is 0 Å². The maximum Gasteiger partial charge on any atom is 0.119 e. The second kappa shape index (κ2) is 5.45. The first-order chi connectivity index (χ1) is 9.31. The normalized spacial score (nSPS) is 16.1. The van der Waals surface area contributed by atoms with E-state index in [1.807, 2.05) is 30.3 Å². The number of ether oxygens (including phenoxy) is 1. The van der Waals surface area contributed by atoms with Crippen molar-refractivity contribution in [2.45, 2.75) is 31.4 Å². The van der Waals surface area contributed by atoms with Crippen LogP contribution in [0.4, 0.5) is 0 Å². The summed E-state index contributed by atoms with van der Waals surface area (Å²) in [6, 6.07) is 18.6. The van der Waals surface area contributed by atoms with Crippen LogP contribution in [0, 0.1) is 0 Å². The largest absolute Gasteiger partial charge is 0.490 e. The minimum Gasteiger partial charge on any atom is -0.490 e. The van der Waals surface area contributed by atoms with Gasteiger partial charge in [0.15, 0.2) is 0 Å². The Hall–Kier alpha value is -1.80. The van der Waals surface area contributed by atoms with Crippen molar-refractivity contribution in [3.05, 3.63) is 65.7 Å². The third-order valence-electron chi connectivity index (χ3n) is 3.41. The van der Waals surface area contributed by atoms with Gasteiger partial charge in [0, 0.05) is 6.04 Å². The molecule has 0 bridgehead atoms. The van der Waals surface area contributed by atoms with E-state index in [1.165, 1.54) is 24.0 Å². The van der Waals surface area contributed by atoms with Crippen LogP contribution in [0.15, 0.2) is 54.6 Å². The second-order valence-electron chi connectivity index (χ2n) is 5.19. The Bertz CT molecular complexity index is 534. The summed E-state index contributed by atoms with van der Waals surface area (Å²) >= 11 is 0. The predicted molar refractivity (Wildman–Crippen MR) is 77.2 cm³/mol. The third kappa shape index (κ3) is 3.36. The molecule has 0 aromatic heterocycles. The lowest BCUT2D eigenvalue weighted by Crippen LogP contribution is -2.13. The lowest BCUT2D eigenvalue weighted by Gasteiger charge is -2.13. The average Bonchev–Trinajstić information content (AvgIpc) is 3.24. The van der Waals surface area contributed by atoms with E-state index in [4.69, 9.17) is 10.5 Å². The first-order valence-corrected chi connectivity index (χ1v) is 6.87. The first-order valence-electron chi connectivity index (χ1n) is 6.87. The number of nitrogens with two attached hydrogens (primary N) is 1. The van der Waals surface area contributed by atoms with Crippen LogP contribution in [0.1, 0.15) is 30.0 Å². The Morgan fingerprint density at radius 2 is 1.84 bits per heavy atom.